The molecule has 21 heavy (non-hydrogen) atoms. The first-order valence-corrected chi connectivity index (χ1v) is 7.64. The molecule has 1 aromatic carbocycles. The molecule has 0 spiro atoms. The van der Waals surface area contributed by atoms with E-state index in [1.54, 1.807) is 24.3 Å². The predicted molar refractivity (Wildman–Crippen MR) is 79.5 cm³/mol. The minimum atomic E-state index is -0.293. The van der Waals surface area contributed by atoms with Gasteiger partial charge in [0.05, 0.1) is 18.3 Å². The Balaban J connectivity index is 1.84. The van der Waals surface area contributed by atoms with E-state index in [4.69, 9.17) is 9.47 Å². The van der Waals surface area contributed by atoms with Gasteiger partial charge < -0.3 is 9.47 Å². The van der Waals surface area contributed by atoms with Crippen molar-refractivity contribution < 1.29 is 19.1 Å². The molecule has 0 heterocycles. The van der Waals surface area contributed by atoms with Crippen LogP contribution in [-0.4, -0.2) is 24.5 Å². The first-order chi connectivity index (χ1) is 10.2. The Hall–Kier alpha value is -1.84. The van der Waals surface area contributed by atoms with Gasteiger partial charge in [0.2, 0.25) is 0 Å². The van der Waals surface area contributed by atoms with Crippen LogP contribution in [0.1, 0.15) is 55.8 Å². The normalized spacial score (nSPS) is 15.8. The Morgan fingerprint density at radius 2 is 1.86 bits per heavy atom. The number of carbonyl (C=O) groups is 2. The van der Waals surface area contributed by atoms with Crippen molar-refractivity contribution in [3.05, 3.63) is 29.8 Å². The summed E-state index contributed by atoms with van der Waals surface area (Å²) in [5.41, 5.74) is 0.539. The summed E-state index contributed by atoms with van der Waals surface area (Å²) in [6.07, 6.45) is 4.75. The van der Waals surface area contributed by atoms with E-state index in [9.17, 15) is 9.59 Å². The van der Waals surface area contributed by atoms with Crippen LogP contribution in [0.2, 0.25) is 0 Å². The molecular formula is C17H22O4. The number of unbranched alkanes of at least 4 members (excludes halogenated alkanes) is 1. The van der Waals surface area contributed by atoms with E-state index in [0.29, 0.717) is 30.8 Å². The third-order valence-corrected chi connectivity index (χ3v) is 3.61. The molecule has 0 bridgehead atoms. The number of hydrogen-bond acceptors (Lipinski definition) is 4. The Bertz CT molecular complexity index is 468. The predicted octanol–water partition coefficient (Wildman–Crippen LogP) is 3.53. The maximum atomic E-state index is 11.8. The third kappa shape index (κ3) is 4.88. The van der Waals surface area contributed by atoms with Crippen LogP contribution >= 0.6 is 0 Å². The molecule has 0 aliphatic heterocycles. The molecule has 0 saturated heterocycles. The number of esters is 1. The standard InChI is InChI=1S/C17H22O4/c1-2-3-12-20-17(19)13-4-8-15(9-5-13)21-16-10-6-14(18)7-11-16/h4-5,8-9,16H,2-3,6-7,10-12H2,1H3. The van der Waals surface area contributed by atoms with E-state index in [2.05, 4.69) is 6.92 Å². The molecule has 0 N–H and O–H groups in total. The highest BCUT2D eigenvalue weighted by Crippen LogP contribution is 2.22. The zero-order valence-corrected chi connectivity index (χ0v) is 12.5. The van der Waals surface area contributed by atoms with E-state index >= 15 is 0 Å². The van der Waals surface area contributed by atoms with Crippen molar-refractivity contribution in [2.45, 2.75) is 51.6 Å². The van der Waals surface area contributed by atoms with Crippen LogP contribution in [0.15, 0.2) is 24.3 Å². The van der Waals surface area contributed by atoms with Crippen molar-refractivity contribution in [3.63, 3.8) is 0 Å². The monoisotopic (exact) mass is 290 g/mol. The number of ketones is 1. The van der Waals surface area contributed by atoms with Crippen LogP contribution < -0.4 is 4.74 Å². The summed E-state index contributed by atoms with van der Waals surface area (Å²) >= 11 is 0. The second-order valence-corrected chi connectivity index (χ2v) is 5.37. The first-order valence-electron chi connectivity index (χ1n) is 7.64. The van der Waals surface area contributed by atoms with Crippen LogP contribution in [0.3, 0.4) is 0 Å². The number of carbonyl (C=O) groups excluding carboxylic acids is 2. The summed E-state index contributed by atoms with van der Waals surface area (Å²) in [6.45, 7) is 2.52. The topological polar surface area (TPSA) is 52.6 Å². The Morgan fingerprint density at radius 3 is 2.48 bits per heavy atom. The molecule has 4 nitrogen and oxygen atoms in total. The van der Waals surface area contributed by atoms with Crippen molar-refractivity contribution in [1.82, 2.24) is 0 Å². The lowest BCUT2D eigenvalue weighted by atomic mass is 9.96. The molecule has 1 fully saturated rings. The van der Waals surface area contributed by atoms with Gasteiger partial charge in [0, 0.05) is 12.8 Å². The summed E-state index contributed by atoms with van der Waals surface area (Å²) in [6, 6.07) is 7.01. The summed E-state index contributed by atoms with van der Waals surface area (Å²) in [5.74, 6) is 0.762. The number of Topliss-reactive ketones (excluding diaryl/α,β-unsaturated/α-hetero) is 1. The molecule has 0 radical (unpaired) electrons. The first kappa shape index (κ1) is 15.5. The second-order valence-electron chi connectivity index (χ2n) is 5.37. The summed E-state index contributed by atoms with van der Waals surface area (Å²) in [7, 11) is 0. The highest BCUT2D eigenvalue weighted by Gasteiger charge is 2.20. The molecule has 2 rings (SSSR count). The smallest absolute Gasteiger partial charge is 0.338 e. The van der Waals surface area contributed by atoms with E-state index in [-0.39, 0.29) is 12.1 Å². The molecular weight excluding hydrogens is 268 g/mol. The van der Waals surface area contributed by atoms with Crippen molar-refractivity contribution in [3.8, 4) is 5.75 Å². The lowest BCUT2D eigenvalue weighted by molar-refractivity contribution is -0.121. The maximum Gasteiger partial charge on any atom is 0.338 e. The van der Waals surface area contributed by atoms with Gasteiger partial charge in [-0.05, 0) is 43.5 Å². The number of rotatable bonds is 6. The quantitative estimate of drug-likeness (QED) is 0.594. The fourth-order valence-electron chi connectivity index (χ4n) is 2.29. The van der Waals surface area contributed by atoms with Crippen LogP contribution in [0, 0.1) is 0 Å². The van der Waals surface area contributed by atoms with Gasteiger partial charge in [-0.15, -0.1) is 0 Å². The lowest BCUT2D eigenvalue weighted by Crippen LogP contribution is -2.23. The molecule has 0 amide bonds. The Labute approximate surface area is 125 Å². The summed E-state index contributed by atoms with van der Waals surface area (Å²) in [5, 5.41) is 0. The lowest BCUT2D eigenvalue weighted by Gasteiger charge is -2.22. The van der Waals surface area contributed by atoms with E-state index in [1.807, 2.05) is 0 Å². The molecule has 1 aliphatic carbocycles. The number of hydrogen-bond donors (Lipinski definition) is 0. The van der Waals surface area contributed by atoms with Crippen LogP contribution in [0.4, 0.5) is 0 Å². The molecule has 1 aliphatic rings. The fraction of sp³-hybridized carbons (Fsp3) is 0.529. The molecule has 1 aromatic rings. The van der Waals surface area contributed by atoms with Crippen LogP contribution in [0.25, 0.3) is 0 Å². The number of ether oxygens (including phenoxy) is 2. The molecule has 0 atom stereocenters. The zero-order chi connectivity index (χ0) is 15.1. The Kier molecular flexibility index (Phi) is 5.78. The third-order valence-electron chi connectivity index (χ3n) is 3.61. The van der Waals surface area contributed by atoms with Gasteiger partial charge >= 0.3 is 5.97 Å². The van der Waals surface area contributed by atoms with Crippen LogP contribution in [0.5, 0.6) is 5.75 Å². The Morgan fingerprint density at radius 1 is 1.19 bits per heavy atom. The van der Waals surface area contributed by atoms with Gasteiger partial charge in [-0.3, -0.25) is 4.79 Å². The van der Waals surface area contributed by atoms with E-state index in [1.165, 1.54) is 0 Å². The number of benzene rings is 1. The second kappa shape index (κ2) is 7.81. The van der Waals surface area contributed by atoms with Crippen molar-refractivity contribution in [1.29, 1.82) is 0 Å². The van der Waals surface area contributed by atoms with Gasteiger partial charge in [-0.25, -0.2) is 4.79 Å². The fourth-order valence-corrected chi connectivity index (χ4v) is 2.29. The van der Waals surface area contributed by atoms with Crippen molar-refractivity contribution in [2.24, 2.45) is 0 Å². The largest absolute Gasteiger partial charge is 0.490 e. The van der Waals surface area contributed by atoms with Crippen molar-refractivity contribution in [2.75, 3.05) is 6.61 Å². The van der Waals surface area contributed by atoms with Gasteiger partial charge in [-0.1, -0.05) is 13.3 Å². The minimum absolute atomic E-state index is 0.102. The van der Waals surface area contributed by atoms with Gasteiger partial charge in [-0.2, -0.15) is 0 Å². The zero-order valence-electron chi connectivity index (χ0n) is 12.5. The van der Waals surface area contributed by atoms with E-state index in [0.717, 1.165) is 31.4 Å². The molecule has 0 unspecified atom stereocenters. The van der Waals surface area contributed by atoms with E-state index < -0.39 is 0 Å². The SMILES string of the molecule is CCCCOC(=O)c1ccc(OC2CCC(=O)CC2)cc1. The molecule has 114 valence electrons. The highest BCUT2D eigenvalue weighted by molar-refractivity contribution is 5.89. The highest BCUT2D eigenvalue weighted by atomic mass is 16.5. The van der Waals surface area contributed by atoms with Crippen LogP contribution in [-0.2, 0) is 9.53 Å². The minimum Gasteiger partial charge on any atom is -0.490 e. The molecule has 1 saturated carbocycles. The van der Waals surface area contributed by atoms with Gasteiger partial charge in [0.1, 0.15) is 11.5 Å². The summed E-state index contributed by atoms with van der Waals surface area (Å²) < 4.78 is 11.0. The molecule has 4 heteroatoms. The summed E-state index contributed by atoms with van der Waals surface area (Å²) in [4.78, 5) is 22.9. The maximum absolute atomic E-state index is 11.8. The van der Waals surface area contributed by atoms with Crippen molar-refractivity contribution >= 4 is 11.8 Å². The van der Waals surface area contributed by atoms with Gasteiger partial charge in [0.25, 0.3) is 0 Å². The molecule has 0 aromatic heterocycles. The van der Waals surface area contributed by atoms with Gasteiger partial charge in [0.15, 0.2) is 0 Å². The average Bonchev–Trinajstić information content (AvgIpc) is 2.50. The average molecular weight is 290 g/mol.